The number of rotatable bonds is 1. The number of alkyl halides is 6. The molecule has 0 aliphatic carbocycles. The smallest absolute Gasteiger partial charge is 0.387 e. The van der Waals surface area contributed by atoms with Crippen LogP contribution >= 0.6 is 11.6 Å². The first-order valence-electron chi connectivity index (χ1n) is 3.58. The third-order valence-electron chi connectivity index (χ3n) is 1.36. The lowest BCUT2D eigenvalue weighted by atomic mass is 10.2. The summed E-state index contributed by atoms with van der Waals surface area (Å²) in [4.78, 5) is 2.84. The van der Waals surface area contributed by atoms with Crippen LogP contribution in [0.25, 0.3) is 0 Å². The average Bonchev–Trinajstić information content (AvgIpc) is 1.97. The van der Waals surface area contributed by atoms with Gasteiger partial charge in [-0.2, -0.15) is 13.2 Å². The van der Waals surface area contributed by atoms with Crippen molar-refractivity contribution < 1.29 is 31.1 Å². The molecule has 0 aliphatic rings. The molecule has 0 unspecified atom stereocenters. The van der Waals surface area contributed by atoms with E-state index in [1.807, 2.05) is 0 Å². The molecule has 0 radical (unpaired) electrons. The average molecular weight is 266 g/mol. The summed E-state index contributed by atoms with van der Waals surface area (Å²) in [5, 5.41) is -0.915. The predicted molar refractivity (Wildman–Crippen MR) is 40.9 cm³/mol. The van der Waals surface area contributed by atoms with E-state index in [0.29, 0.717) is 12.3 Å². The summed E-state index contributed by atoms with van der Waals surface area (Å²) in [6, 6.07) is 0.716. The maximum atomic E-state index is 12.3. The first-order valence-corrected chi connectivity index (χ1v) is 3.96. The molecule has 1 aromatic heterocycles. The molecule has 1 aromatic rings. The van der Waals surface area contributed by atoms with Crippen molar-refractivity contribution >= 4 is 11.6 Å². The monoisotopic (exact) mass is 265 g/mol. The zero-order valence-corrected chi connectivity index (χ0v) is 7.91. The summed E-state index contributed by atoms with van der Waals surface area (Å²) in [6.07, 6.45) is -9.66. The molecule has 1 rings (SSSR count). The molecule has 0 fully saturated rings. The van der Waals surface area contributed by atoms with Gasteiger partial charge in [0.1, 0.15) is 5.56 Å². The third-order valence-corrected chi connectivity index (χ3v) is 1.68. The van der Waals surface area contributed by atoms with Crippen molar-refractivity contribution in [2.45, 2.75) is 12.5 Å². The van der Waals surface area contributed by atoms with E-state index in [9.17, 15) is 26.3 Å². The molecule has 0 saturated carbocycles. The molecule has 0 amide bonds. The van der Waals surface area contributed by atoms with E-state index in [2.05, 4.69) is 9.72 Å². The van der Waals surface area contributed by atoms with Crippen molar-refractivity contribution in [1.82, 2.24) is 4.98 Å². The zero-order chi connectivity index (χ0) is 12.6. The maximum absolute atomic E-state index is 12.3. The SMILES string of the molecule is FC(F)(F)Oc1nccc(Cl)c1C(F)(F)F. The van der Waals surface area contributed by atoms with Gasteiger partial charge < -0.3 is 4.74 Å². The van der Waals surface area contributed by atoms with Gasteiger partial charge in [0, 0.05) is 6.20 Å². The highest BCUT2D eigenvalue weighted by Crippen LogP contribution is 2.41. The van der Waals surface area contributed by atoms with Gasteiger partial charge >= 0.3 is 12.5 Å². The minimum Gasteiger partial charge on any atom is -0.387 e. The summed E-state index contributed by atoms with van der Waals surface area (Å²) in [6.45, 7) is 0. The zero-order valence-electron chi connectivity index (χ0n) is 7.16. The Bertz CT molecular complexity index is 387. The van der Waals surface area contributed by atoms with Crippen LogP contribution in [0.2, 0.25) is 5.02 Å². The van der Waals surface area contributed by atoms with Crippen LogP contribution in [-0.2, 0) is 6.18 Å². The quantitative estimate of drug-likeness (QED) is 0.723. The van der Waals surface area contributed by atoms with Gasteiger partial charge in [0.15, 0.2) is 0 Å². The van der Waals surface area contributed by atoms with E-state index >= 15 is 0 Å². The molecule has 0 N–H and O–H groups in total. The number of ether oxygens (including phenoxy) is 1. The molecule has 0 bridgehead atoms. The Balaban J connectivity index is 3.24. The number of aromatic nitrogens is 1. The molecule has 16 heavy (non-hydrogen) atoms. The first-order chi connectivity index (χ1) is 7.11. The van der Waals surface area contributed by atoms with Crippen LogP contribution in [0.1, 0.15) is 5.56 Å². The minimum absolute atomic E-state index is 0.679. The molecule has 9 heteroatoms. The number of halogens is 7. The van der Waals surface area contributed by atoms with E-state index in [4.69, 9.17) is 11.6 Å². The van der Waals surface area contributed by atoms with Crippen LogP contribution in [0, 0.1) is 0 Å². The van der Waals surface area contributed by atoms with E-state index in [0.717, 1.165) is 0 Å². The van der Waals surface area contributed by atoms with Gasteiger partial charge in [0.25, 0.3) is 0 Å². The molecule has 0 aromatic carbocycles. The van der Waals surface area contributed by atoms with Crippen LogP contribution in [0.5, 0.6) is 5.88 Å². The molecular formula is C7H2ClF6NO. The highest BCUT2D eigenvalue weighted by atomic mass is 35.5. The van der Waals surface area contributed by atoms with Gasteiger partial charge in [-0.15, -0.1) is 13.2 Å². The number of pyridine rings is 1. The lowest BCUT2D eigenvalue weighted by molar-refractivity contribution is -0.277. The standard InChI is InChI=1S/C7H2ClF6NO/c8-3-1-2-15-5(16-7(12,13)14)4(3)6(9,10)11/h1-2H. The Morgan fingerprint density at radius 1 is 1.12 bits per heavy atom. The first kappa shape index (κ1) is 12.9. The second kappa shape index (κ2) is 4.00. The van der Waals surface area contributed by atoms with Crippen molar-refractivity contribution in [1.29, 1.82) is 0 Å². The fourth-order valence-electron chi connectivity index (χ4n) is 0.864. The number of hydrogen-bond acceptors (Lipinski definition) is 2. The van der Waals surface area contributed by atoms with Crippen molar-refractivity contribution in [3.8, 4) is 5.88 Å². The van der Waals surface area contributed by atoms with Crippen LogP contribution < -0.4 is 4.74 Å². The molecular weight excluding hydrogens is 264 g/mol. The Labute approximate surface area is 89.8 Å². The molecule has 1 heterocycles. The van der Waals surface area contributed by atoms with Gasteiger partial charge in [-0.3, -0.25) is 0 Å². The summed E-state index contributed by atoms with van der Waals surface area (Å²) in [7, 11) is 0. The van der Waals surface area contributed by atoms with E-state index in [1.54, 1.807) is 0 Å². The highest BCUT2D eigenvalue weighted by molar-refractivity contribution is 6.31. The van der Waals surface area contributed by atoms with Gasteiger partial charge in [0.05, 0.1) is 5.02 Å². The Morgan fingerprint density at radius 3 is 2.12 bits per heavy atom. The summed E-state index contributed by atoms with van der Waals surface area (Å²) >= 11 is 5.14. The lowest BCUT2D eigenvalue weighted by Crippen LogP contribution is -2.21. The number of nitrogens with zero attached hydrogens (tertiary/aromatic N) is 1. The van der Waals surface area contributed by atoms with Gasteiger partial charge in [-0.05, 0) is 6.07 Å². The molecule has 0 spiro atoms. The van der Waals surface area contributed by atoms with Crippen LogP contribution in [0.15, 0.2) is 12.3 Å². The molecule has 0 aliphatic heterocycles. The van der Waals surface area contributed by atoms with E-state index < -0.39 is 29.0 Å². The van der Waals surface area contributed by atoms with Crippen LogP contribution in [0.4, 0.5) is 26.3 Å². The van der Waals surface area contributed by atoms with Crippen molar-refractivity contribution in [2.24, 2.45) is 0 Å². The molecule has 90 valence electrons. The molecule has 2 nitrogen and oxygen atoms in total. The molecule has 0 saturated heterocycles. The summed E-state index contributed by atoms with van der Waals surface area (Å²) in [5.41, 5.74) is -1.76. The van der Waals surface area contributed by atoms with E-state index in [1.165, 1.54) is 0 Å². The second-order valence-electron chi connectivity index (χ2n) is 2.52. The Kier molecular flexibility index (Phi) is 3.22. The Hall–Kier alpha value is -1.18. The fourth-order valence-corrected chi connectivity index (χ4v) is 1.11. The van der Waals surface area contributed by atoms with Crippen molar-refractivity contribution in [3.05, 3.63) is 22.8 Å². The summed E-state index contributed by atoms with van der Waals surface area (Å²) in [5.74, 6) is -1.62. The third kappa shape index (κ3) is 3.16. The van der Waals surface area contributed by atoms with Gasteiger partial charge in [0.2, 0.25) is 5.88 Å². The van der Waals surface area contributed by atoms with E-state index in [-0.39, 0.29) is 0 Å². The van der Waals surface area contributed by atoms with Crippen molar-refractivity contribution in [2.75, 3.05) is 0 Å². The van der Waals surface area contributed by atoms with Gasteiger partial charge in [-0.25, -0.2) is 4.98 Å². The Morgan fingerprint density at radius 2 is 1.69 bits per heavy atom. The maximum Gasteiger partial charge on any atom is 0.574 e. The molecule has 0 atom stereocenters. The highest BCUT2D eigenvalue weighted by Gasteiger charge is 2.42. The topological polar surface area (TPSA) is 22.1 Å². The van der Waals surface area contributed by atoms with Crippen LogP contribution in [-0.4, -0.2) is 11.3 Å². The normalized spacial score (nSPS) is 12.7. The summed E-state index contributed by atoms with van der Waals surface area (Å²) < 4.78 is 75.4. The lowest BCUT2D eigenvalue weighted by Gasteiger charge is -2.14. The fraction of sp³-hybridized carbons (Fsp3) is 0.286. The van der Waals surface area contributed by atoms with Gasteiger partial charge in [-0.1, -0.05) is 11.6 Å². The van der Waals surface area contributed by atoms with Crippen LogP contribution in [0.3, 0.4) is 0 Å². The number of hydrogen-bond donors (Lipinski definition) is 0. The van der Waals surface area contributed by atoms with Crippen molar-refractivity contribution in [3.63, 3.8) is 0 Å². The minimum atomic E-state index is -5.27. The largest absolute Gasteiger partial charge is 0.574 e. The second-order valence-corrected chi connectivity index (χ2v) is 2.93. The predicted octanol–water partition coefficient (Wildman–Crippen LogP) is 3.65.